The van der Waals surface area contributed by atoms with Crippen LogP contribution in [0.4, 0.5) is 10.1 Å². The summed E-state index contributed by atoms with van der Waals surface area (Å²) >= 11 is 0. The highest BCUT2D eigenvalue weighted by Crippen LogP contribution is 2.22. The predicted octanol–water partition coefficient (Wildman–Crippen LogP) is 4.63. The maximum absolute atomic E-state index is 13.3. The van der Waals surface area contributed by atoms with Crippen LogP contribution in [-0.2, 0) is 0 Å². The van der Waals surface area contributed by atoms with Gasteiger partial charge in [0.15, 0.2) is 5.82 Å². The second kappa shape index (κ2) is 7.44. The molecular formula is C22H17FN4O. The summed E-state index contributed by atoms with van der Waals surface area (Å²) in [6, 6.07) is 22.8. The van der Waals surface area contributed by atoms with Crippen LogP contribution in [-0.4, -0.2) is 20.7 Å². The van der Waals surface area contributed by atoms with Gasteiger partial charge >= 0.3 is 0 Å². The Balaban J connectivity index is 1.74. The molecule has 6 heteroatoms. The van der Waals surface area contributed by atoms with Crippen molar-refractivity contribution in [1.82, 2.24) is 14.8 Å². The highest BCUT2D eigenvalue weighted by molar-refractivity contribution is 6.01. The molecule has 1 heterocycles. The van der Waals surface area contributed by atoms with Gasteiger partial charge in [0.05, 0.1) is 5.69 Å². The van der Waals surface area contributed by atoms with E-state index in [9.17, 15) is 9.18 Å². The first-order valence-electron chi connectivity index (χ1n) is 8.76. The fourth-order valence-corrected chi connectivity index (χ4v) is 2.85. The Morgan fingerprint density at radius 1 is 0.964 bits per heavy atom. The lowest BCUT2D eigenvalue weighted by atomic mass is 10.2. The molecule has 0 saturated carbocycles. The number of aromatic nitrogens is 3. The summed E-state index contributed by atoms with van der Waals surface area (Å²) in [6.45, 7) is 1.95. The van der Waals surface area contributed by atoms with Crippen LogP contribution >= 0.6 is 0 Å². The number of aryl methyl sites for hydroxylation is 1. The lowest BCUT2D eigenvalue weighted by molar-refractivity contribution is 0.101. The van der Waals surface area contributed by atoms with Crippen LogP contribution in [0.15, 0.2) is 78.9 Å². The first-order valence-corrected chi connectivity index (χ1v) is 8.76. The van der Waals surface area contributed by atoms with E-state index >= 15 is 0 Å². The Hall–Kier alpha value is -3.80. The molecule has 4 aromatic rings. The molecule has 1 N–H and O–H groups in total. The van der Waals surface area contributed by atoms with Gasteiger partial charge in [-0.15, -0.1) is 5.10 Å². The van der Waals surface area contributed by atoms with Gasteiger partial charge in [-0.05, 0) is 61.0 Å². The Morgan fingerprint density at radius 2 is 1.71 bits per heavy atom. The van der Waals surface area contributed by atoms with E-state index in [1.54, 1.807) is 22.9 Å². The van der Waals surface area contributed by atoms with Crippen molar-refractivity contribution in [3.63, 3.8) is 0 Å². The number of amides is 1. The third kappa shape index (κ3) is 3.66. The van der Waals surface area contributed by atoms with Crippen LogP contribution in [0.3, 0.4) is 0 Å². The summed E-state index contributed by atoms with van der Waals surface area (Å²) < 4.78 is 14.9. The van der Waals surface area contributed by atoms with E-state index in [1.165, 1.54) is 12.1 Å². The standard InChI is InChI=1S/C22H17FN4O/c1-15-6-5-7-18(14-15)24-22(28)20-25-21(16-10-12-17(23)13-11-16)27(26-20)19-8-3-2-4-9-19/h2-14H,1H3,(H,24,28). The molecule has 5 nitrogen and oxygen atoms in total. The number of halogens is 1. The van der Waals surface area contributed by atoms with Gasteiger partial charge in [-0.1, -0.05) is 30.3 Å². The highest BCUT2D eigenvalue weighted by Gasteiger charge is 2.19. The van der Waals surface area contributed by atoms with Crippen LogP contribution in [0.25, 0.3) is 17.1 Å². The summed E-state index contributed by atoms with van der Waals surface area (Å²) in [7, 11) is 0. The van der Waals surface area contributed by atoms with Crippen molar-refractivity contribution < 1.29 is 9.18 Å². The van der Waals surface area contributed by atoms with Crippen LogP contribution in [0.2, 0.25) is 0 Å². The van der Waals surface area contributed by atoms with E-state index < -0.39 is 5.91 Å². The first-order chi connectivity index (χ1) is 13.6. The molecule has 0 saturated heterocycles. The van der Waals surface area contributed by atoms with Crippen LogP contribution in [0.5, 0.6) is 0 Å². The van der Waals surface area contributed by atoms with Crippen molar-refractivity contribution in [1.29, 1.82) is 0 Å². The normalized spacial score (nSPS) is 10.6. The molecule has 0 aliphatic rings. The molecule has 0 aliphatic heterocycles. The molecule has 138 valence electrons. The van der Waals surface area contributed by atoms with Crippen molar-refractivity contribution in [2.75, 3.05) is 5.32 Å². The Labute approximate surface area is 161 Å². The number of para-hydroxylation sites is 1. The highest BCUT2D eigenvalue weighted by atomic mass is 19.1. The zero-order valence-corrected chi connectivity index (χ0v) is 15.1. The van der Waals surface area contributed by atoms with E-state index in [0.717, 1.165) is 11.3 Å². The van der Waals surface area contributed by atoms with Gasteiger partial charge in [-0.3, -0.25) is 4.79 Å². The monoisotopic (exact) mass is 372 g/mol. The quantitative estimate of drug-likeness (QED) is 0.568. The van der Waals surface area contributed by atoms with Crippen molar-refractivity contribution >= 4 is 11.6 Å². The predicted molar refractivity (Wildman–Crippen MR) is 106 cm³/mol. The third-order valence-electron chi connectivity index (χ3n) is 4.19. The average Bonchev–Trinajstić information content (AvgIpc) is 3.15. The summed E-state index contributed by atoms with van der Waals surface area (Å²) in [6.07, 6.45) is 0. The fraction of sp³-hybridized carbons (Fsp3) is 0.0455. The van der Waals surface area contributed by atoms with Crippen LogP contribution in [0.1, 0.15) is 16.2 Å². The SMILES string of the molecule is Cc1cccc(NC(=O)c2nc(-c3ccc(F)cc3)n(-c3ccccc3)n2)c1. The fourth-order valence-electron chi connectivity index (χ4n) is 2.85. The molecule has 0 radical (unpaired) electrons. The van der Waals surface area contributed by atoms with Gasteiger partial charge in [0.2, 0.25) is 5.82 Å². The number of nitrogens with zero attached hydrogens (tertiary/aromatic N) is 3. The smallest absolute Gasteiger partial charge is 0.295 e. The van der Waals surface area contributed by atoms with E-state index in [4.69, 9.17) is 0 Å². The van der Waals surface area contributed by atoms with E-state index in [-0.39, 0.29) is 11.6 Å². The van der Waals surface area contributed by atoms with Gasteiger partial charge in [-0.2, -0.15) is 0 Å². The lowest BCUT2D eigenvalue weighted by Crippen LogP contribution is -2.14. The number of anilines is 1. The van der Waals surface area contributed by atoms with Crippen molar-refractivity contribution in [2.24, 2.45) is 0 Å². The van der Waals surface area contributed by atoms with Crippen molar-refractivity contribution in [2.45, 2.75) is 6.92 Å². The van der Waals surface area contributed by atoms with Gasteiger partial charge in [0, 0.05) is 11.3 Å². The van der Waals surface area contributed by atoms with Gasteiger partial charge in [0.1, 0.15) is 5.82 Å². The van der Waals surface area contributed by atoms with Gasteiger partial charge in [-0.25, -0.2) is 14.1 Å². The molecule has 28 heavy (non-hydrogen) atoms. The molecule has 0 spiro atoms. The summed E-state index contributed by atoms with van der Waals surface area (Å²) in [5.41, 5.74) is 3.12. The molecule has 0 atom stereocenters. The molecule has 0 aliphatic carbocycles. The Morgan fingerprint density at radius 3 is 2.43 bits per heavy atom. The largest absolute Gasteiger partial charge is 0.319 e. The number of hydrogen-bond acceptors (Lipinski definition) is 3. The number of carbonyl (C=O) groups excluding carboxylic acids is 1. The first kappa shape index (κ1) is 17.6. The topological polar surface area (TPSA) is 59.8 Å². The van der Waals surface area contributed by atoms with Gasteiger partial charge < -0.3 is 5.32 Å². The van der Waals surface area contributed by atoms with Crippen LogP contribution < -0.4 is 5.32 Å². The summed E-state index contributed by atoms with van der Waals surface area (Å²) in [4.78, 5) is 17.1. The minimum absolute atomic E-state index is 0.0321. The van der Waals surface area contributed by atoms with Crippen molar-refractivity contribution in [3.05, 3.63) is 96.1 Å². The van der Waals surface area contributed by atoms with E-state index in [1.807, 2.05) is 55.5 Å². The Kier molecular flexibility index (Phi) is 4.68. The van der Waals surface area contributed by atoms with E-state index in [2.05, 4.69) is 15.4 Å². The number of carbonyl (C=O) groups is 1. The maximum atomic E-state index is 13.3. The third-order valence-corrected chi connectivity index (χ3v) is 4.19. The lowest BCUT2D eigenvalue weighted by Gasteiger charge is -2.05. The minimum Gasteiger partial charge on any atom is -0.319 e. The minimum atomic E-state index is -0.413. The molecule has 3 aromatic carbocycles. The number of rotatable bonds is 4. The molecular weight excluding hydrogens is 355 g/mol. The Bertz CT molecular complexity index is 1120. The number of hydrogen-bond donors (Lipinski definition) is 1. The average molecular weight is 372 g/mol. The number of nitrogens with one attached hydrogen (secondary N) is 1. The summed E-state index contributed by atoms with van der Waals surface area (Å²) in [5, 5.41) is 7.21. The molecule has 1 amide bonds. The molecule has 4 rings (SSSR count). The van der Waals surface area contributed by atoms with Crippen molar-refractivity contribution in [3.8, 4) is 17.1 Å². The second-order valence-corrected chi connectivity index (χ2v) is 6.34. The zero-order chi connectivity index (χ0) is 19.5. The molecule has 0 unspecified atom stereocenters. The molecule has 1 aromatic heterocycles. The van der Waals surface area contributed by atoms with Gasteiger partial charge in [0.25, 0.3) is 5.91 Å². The van der Waals surface area contributed by atoms with Crippen LogP contribution in [0, 0.1) is 12.7 Å². The zero-order valence-electron chi connectivity index (χ0n) is 15.1. The second-order valence-electron chi connectivity index (χ2n) is 6.34. The van der Waals surface area contributed by atoms with E-state index in [0.29, 0.717) is 17.1 Å². The molecule has 0 bridgehead atoms. The maximum Gasteiger partial charge on any atom is 0.295 e. The molecule has 0 fully saturated rings. The summed E-state index contributed by atoms with van der Waals surface area (Å²) in [5.74, 6) is -0.263. The number of benzene rings is 3.